The average molecular weight is 337 g/mol. The quantitative estimate of drug-likeness (QED) is 0.674. The van der Waals surface area contributed by atoms with Crippen LogP contribution in [-0.4, -0.2) is 15.0 Å². The van der Waals surface area contributed by atoms with E-state index >= 15 is 0 Å². The molecule has 0 saturated heterocycles. The lowest BCUT2D eigenvalue weighted by atomic mass is 10.2. The molecular weight excluding hydrogens is 318 g/mol. The van der Waals surface area contributed by atoms with E-state index in [1.54, 1.807) is 11.8 Å². The third-order valence-electron chi connectivity index (χ3n) is 3.40. The molecule has 3 aromatic rings. The SMILES string of the molecule is Cc1ccc(S[C@H](C)c2nc(N)nc(Nc3ccccc3)n2)cc1. The predicted octanol–water partition coefficient (Wildman–Crippen LogP) is 4.36. The number of nitrogen functional groups attached to an aromatic ring is 1. The molecule has 5 nitrogen and oxygen atoms in total. The van der Waals surface area contributed by atoms with Gasteiger partial charge in [0.1, 0.15) is 5.82 Å². The Balaban J connectivity index is 1.78. The lowest BCUT2D eigenvalue weighted by molar-refractivity contribution is 0.896. The molecule has 0 amide bonds. The molecule has 0 spiro atoms. The minimum atomic E-state index is 0.0642. The van der Waals surface area contributed by atoms with E-state index in [0.29, 0.717) is 11.8 Å². The van der Waals surface area contributed by atoms with E-state index in [2.05, 4.69) is 58.4 Å². The van der Waals surface area contributed by atoms with Crippen molar-refractivity contribution in [1.29, 1.82) is 0 Å². The lowest BCUT2D eigenvalue weighted by Gasteiger charge is -2.12. The maximum Gasteiger partial charge on any atom is 0.232 e. The molecule has 0 saturated carbocycles. The predicted molar refractivity (Wildman–Crippen MR) is 99.4 cm³/mol. The lowest BCUT2D eigenvalue weighted by Crippen LogP contribution is -2.08. The van der Waals surface area contributed by atoms with E-state index in [4.69, 9.17) is 5.73 Å². The fourth-order valence-electron chi connectivity index (χ4n) is 2.17. The zero-order valence-corrected chi connectivity index (χ0v) is 14.4. The van der Waals surface area contributed by atoms with E-state index in [0.717, 1.165) is 5.69 Å². The highest BCUT2D eigenvalue weighted by atomic mass is 32.2. The molecule has 0 aliphatic rings. The van der Waals surface area contributed by atoms with Gasteiger partial charge in [0.2, 0.25) is 11.9 Å². The van der Waals surface area contributed by atoms with Gasteiger partial charge in [0.25, 0.3) is 0 Å². The summed E-state index contributed by atoms with van der Waals surface area (Å²) in [6.07, 6.45) is 0. The van der Waals surface area contributed by atoms with Crippen LogP contribution in [0.2, 0.25) is 0 Å². The Bertz CT molecular complexity index is 805. The Kier molecular flexibility index (Phi) is 4.96. The van der Waals surface area contributed by atoms with Gasteiger partial charge in [0.15, 0.2) is 0 Å². The minimum Gasteiger partial charge on any atom is -0.368 e. The van der Waals surface area contributed by atoms with Crippen molar-refractivity contribution in [1.82, 2.24) is 15.0 Å². The summed E-state index contributed by atoms with van der Waals surface area (Å²) in [4.78, 5) is 14.1. The van der Waals surface area contributed by atoms with E-state index in [1.165, 1.54) is 10.5 Å². The highest BCUT2D eigenvalue weighted by Gasteiger charge is 2.14. The van der Waals surface area contributed by atoms with Gasteiger partial charge in [0.05, 0.1) is 5.25 Å². The van der Waals surface area contributed by atoms with Crippen LogP contribution in [0.4, 0.5) is 17.6 Å². The first kappa shape index (κ1) is 16.3. The first-order chi connectivity index (χ1) is 11.6. The monoisotopic (exact) mass is 337 g/mol. The first-order valence-electron chi connectivity index (χ1n) is 7.67. The highest BCUT2D eigenvalue weighted by molar-refractivity contribution is 7.99. The van der Waals surface area contributed by atoms with Crippen LogP contribution in [0.1, 0.15) is 23.6 Å². The zero-order chi connectivity index (χ0) is 16.9. The number of nitrogens with two attached hydrogens (primary N) is 1. The van der Waals surface area contributed by atoms with Gasteiger partial charge in [-0.1, -0.05) is 35.9 Å². The van der Waals surface area contributed by atoms with E-state index in [-0.39, 0.29) is 11.2 Å². The molecule has 1 aromatic heterocycles. The molecule has 24 heavy (non-hydrogen) atoms. The summed E-state index contributed by atoms with van der Waals surface area (Å²) in [5, 5.41) is 3.22. The van der Waals surface area contributed by atoms with Gasteiger partial charge in [-0.15, -0.1) is 11.8 Å². The van der Waals surface area contributed by atoms with Gasteiger partial charge in [-0.05, 0) is 38.1 Å². The topological polar surface area (TPSA) is 76.7 Å². The van der Waals surface area contributed by atoms with Gasteiger partial charge in [0, 0.05) is 10.6 Å². The van der Waals surface area contributed by atoms with Crippen molar-refractivity contribution in [2.24, 2.45) is 0 Å². The number of aromatic nitrogens is 3. The molecule has 3 rings (SSSR count). The number of nitrogens with one attached hydrogen (secondary N) is 1. The molecule has 1 atom stereocenters. The molecule has 3 N–H and O–H groups in total. The van der Waals surface area contributed by atoms with Crippen molar-refractivity contribution < 1.29 is 0 Å². The Hall–Kier alpha value is -2.60. The molecule has 0 bridgehead atoms. The summed E-state index contributed by atoms with van der Waals surface area (Å²) in [5.74, 6) is 1.33. The summed E-state index contributed by atoms with van der Waals surface area (Å²) in [6, 6.07) is 18.1. The molecule has 0 unspecified atom stereocenters. The van der Waals surface area contributed by atoms with Crippen LogP contribution in [-0.2, 0) is 0 Å². The average Bonchev–Trinajstić information content (AvgIpc) is 2.57. The fourth-order valence-corrected chi connectivity index (χ4v) is 3.08. The van der Waals surface area contributed by atoms with Crippen LogP contribution >= 0.6 is 11.8 Å². The van der Waals surface area contributed by atoms with Gasteiger partial charge >= 0.3 is 0 Å². The molecule has 0 radical (unpaired) electrons. The second-order valence-corrected chi connectivity index (χ2v) is 6.85. The molecule has 2 aromatic carbocycles. The Morgan fingerprint density at radius 2 is 1.67 bits per heavy atom. The van der Waals surface area contributed by atoms with Crippen LogP contribution in [0.5, 0.6) is 0 Å². The number of nitrogens with zero attached hydrogens (tertiary/aromatic N) is 3. The van der Waals surface area contributed by atoms with Crippen molar-refractivity contribution in [3.63, 3.8) is 0 Å². The maximum atomic E-state index is 5.85. The van der Waals surface area contributed by atoms with Crippen LogP contribution in [0.25, 0.3) is 0 Å². The summed E-state index contributed by atoms with van der Waals surface area (Å²) in [5.41, 5.74) is 8.00. The third-order valence-corrected chi connectivity index (χ3v) is 4.51. The Morgan fingerprint density at radius 3 is 2.38 bits per heavy atom. The summed E-state index contributed by atoms with van der Waals surface area (Å²) in [7, 11) is 0. The molecule has 122 valence electrons. The number of benzene rings is 2. The number of para-hydroxylation sites is 1. The second kappa shape index (κ2) is 7.31. The normalized spacial score (nSPS) is 11.9. The molecular formula is C18H19N5S. The zero-order valence-electron chi connectivity index (χ0n) is 13.6. The van der Waals surface area contributed by atoms with Gasteiger partial charge < -0.3 is 11.1 Å². The first-order valence-corrected chi connectivity index (χ1v) is 8.55. The van der Waals surface area contributed by atoms with Gasteiger partial charge in [-0.25, -0.2) is 0 Å². The van der Waals surface area contributed by atoms with E-state index in [1.807, 2.05) is 30.3 Å². The fraction of sp³-hybridized carbons (Fsp3) is 0.167. The molecule has 0 aliphatic carbocycles. The van der Waals surface area contributed by atoms with Crippen LogP contribution in [0.15, 0.2) is 59.5 Å². The summed E-state index contributed by atoms with van der Waals surface area (Å²) in [6.45, 7) is 4.14. The number of hydrogen-bond acceptors (Lipinski definition) is 6. The van der Waals surface area contributed by atoms with Crippen molar-refractivity contribution in [2.45, 2.75) is 24.0 Å². The van der Waals surface area contributed by atoms with Crippen molar-refractivity contribution in [3.8, 4) is 0 Å². The van der Waals surface area contributed by atoms with Crippen LogP contribution < -0.4 is 11.1 Å². The minimum absolute atomic E-state index is 0.0642. The van der Waals surface area contributed by atoms with Gasteiger partial charge in [-0.2, -0.15) is 15.0 Å². The van der Waals surface area contributed by atoms with E-state index < -0.39 is 0 Å². The van der Waals surface area contributed by atoms with E-state index in [9.17, 15) is 0 Å². The van der Waals surface area contributed by atoms with Gasteiger partial charge in [-0.3, -0.25) is 0 Å². The summed E-state index contributed by atoms with van der Waals surface area (Å²) >= 11 is 1.69. The number of aryl methyl sites for hydroxylation is 1. The van der Waals surface area contributed by atoms with Crippen molar-refractivity contribution in [3.05, 3.63) is 66.0 Å². The largest absolute Gasteiger partial charge is 0.368 e. The number of hydrogen-bond donors (Lipinski definition) is 2. The Labute approximate surface area is 145 Å². The number of anilines is 3. The standard InChI is InChI=1S/C18H19N5S/c1-12-8-10-15(11-9-12)24-13(2)16-21-17(19)23-18(22-16)20-14-6-4-3-5-7-14/h3-11,13H,1-2H3,(H3,19,20,21,22,23)/t13-/m1/s1. The molecule has 1 heterocycles. The van der Waals surface area contributed by atoms with Crippen LogP contribution in [0.3, 0.4) is 0 Å². The summed E-state index contributed by atoms with van der Waals surface area (Å²) < 4.78 is 0. The van der Waals surface area contributed by atoms with Crippen molar-refractivity contribution in [2.75, 3.05) is 11.1 Å². The highest BCUT2D eigenvalue weighted by Crippen LogP contribution is 2.33. The number of thioether (sulfide) groups is 1. The molecule has 6 heteroatoms. The third kappa shape index (κ3) is 4.23. The molecule has 0 aliphatic heterocycles. The smallest absolute Gasteiger partial charge is 0.232 e. The van der Waals surface area contributed by atoms with Crippen molar-refractivity contribution >= 4 is 29.3 Å². The van der Waals surface area contributed by atoms with Crippen LogP contribution in [0, 0.1) is 6.92 Å². The maximum absolute atomic E-state index is 5.85. The second-order valence-electron chi connectivity index (χ2n) is 5.44. The Morgan fingerprint density at radius 1 is 0.958 bits per heavy atom. The number of rotatable bonds is 5. The molecule has 0 fully saturated rings.